The fourth-order valence-corrected chi connectivity index (χ4v) is 1.13. The predicted octanol–water partition coefficient (Wildman–Crippen LogP) is 0.510. The largest absolute Gasteiger partial charge is 0.485 e. The first kappa shape index (κ1) is 10.3. The van der Waals surface area contributed by atoms with Gasteiger partial charge in [0.05, 0.1) is 12.7 Å². The number of nitrogens with zero attached hydrogens (tertiary/aromatic N) is 4. The van der Waals surface area contributed by atoms with Crippen LogP contribution in [0.25, 0.3) is 0 Å². The highest BCUT2D eigenvalue weighted by molar-refractivity contribution is 5.43. The third kappa shape index (κ3) is 2.25. The minimum atomic E-state index is -0.510. The first-order valence-corrected chi connectivity index (χ1v) is 4.56. The van der Waals surface area contributed by atoms with Gasteiger partial charge in [-0.15, -0.1) is 10.2 Å². The molecule has 1 heterocycles. The molecule has 2 aromatic rings. The summed E-state index contributed by atoms with van der Waals surface area (Å²) in [6.45, 7) is 0.136. The summed E-state index contributed by atoms with van der Waals surface area (Å²) in [6.07, 6.45) is 0. The molecule has 0 saturated heterocycles. The van der Waals surface area contributed by atoms with Gasteiger partial charge in [-0.3, -0.25) is 0 Å². The van der Waals surface area contributed by atoms with Gasteiger partial charge in [0.15, 0.2) is 6.61 Å². The third-order valence-corrected chi connectivity index (χ3v) is 1.89. The van der Waals surface area contributed by atoms with Gasteiger partial charge in [0, 0.05) is 6.07 Å². The van der Waals surface area contributed by atoms with E-state index in [1.54, 1.807) is 13.1 Å². The van der Waals surface area contributed by atoms with Crippen LogP contribution in [0.3, 0.4) is 0 Å². The summed E-state index contributed by atoms with van der Waals surface area (Å²) in [6, 6.07) is 4.23. The summed E-state index contributed by atoms with van der Waals surface area (Å²) in [4.78, 5) is 1.32. The van der Waals surface area contributed by atoms with Crippen LogP contribution in [0.1, 0.15) is 5.82 Å². The maximum atomic E-state index is 13.1. The van der Waals surface area contributed by atoms with E-state index in [1.165, 1.54) is 16.9 Å². The van der Waals surface area contributed by atoms with Gasteiger partial charge < -0.3 is 10.5 Å². The van der Waals surface area contributed by atoms with Gasteiger partial charge in [-0.05, 0) is 17.3 Å². The normalized spacial score (nSPS) is 10.4. The van der Waals surface area contributed by atoms with Crippen LogP contribution >= 0.6 is 0 Å². The number of benzene rings is 1. The van der Waals surface area contributed by atoms with E-state index in [0.717, 1.165) is 0 Å². The van der Waals surface area contributed by atoms with Crippen molar-refractivity contribution in [3.63, 3.8) is 0 Å². The third-order valence-electron chi connectivity index (χ3n) is 1.89. The molecule has 0 aliphatic heterocycles. The highest BCUT2D eigenvalue weighted by atomic mass is 19.1. The molecule has 6 nitrogen and oxygen atoms in total. The second-order valence-electron chi connectivity index (χ2n) is 3.17. The molecule has 1 aromatic heterocycles. The van der Waals surface area contributed by atoms with Gasteiger partial charge in [-0.1, -0.05) is 0 Å². The molecule has 0 amide bonds. The van der Waals surface area contributed by atoms with E-state index in [2.05, 4.69) is 15.4 Å². The summed E-state index contributed by atoms with van der Waals surface area (Å²) >= 11 is 0. The summed E-state index contributed by atoms with van der Waals surface area (Å²) in [5, 5.41) is 11.3. The number of halogens is 1. The van der Waals surface area contributed by atoms with Crippen molar-refractivity contribution in [3.8, 4) is 5.75 Å². The number of tetrazole rings is 1. The van der Waals surface area contributed by atoms with Crippen molar-refractivity contribution < 1.29 is 9.13 Å². The molecule has 1 aromatic carbocycles. The standard InChI is InChI=1S/C9H10FN5O/c1-15-13-9(12-14-15)5-16-6-2-3-8(11)7(10)4-6/h2-4H,5,11H2,1H3. The van der Waals surface area contributed by atoms with E-state index in [-0.39, 0.29) is 12.3 Å². The Labute approximate surface area is 90.8 Å². The molecule has 2 N–H and O–H groups in total. The second-order valence-corrected chi connectivity index (χ2v) is 3.17. The Morgan fingerprint density at radius 1 is 1.50 bits per heavy atom. The van der Waals surface area contributed by atoms with E-state index in [4.69, 9.17) is 10.5 Å². The highest BCUT2D eigenvalue weighted by Gasteiger charge is 2.04. The Kier molecular flexibility index (Phi) is 2.67. The molecule has 0 aliphatic carbocycles. The Morgan fingerprint density at radius 3 is 2.94 bits per heavy atom. The molecule has 0 fully saturated rings. The van der Waals surface area contributed by atoms with Gasteiger partial charge in [0.25, 0.3) is 0 Å². The van der Waals surface area contributed by atoms with Crippen LogP contribution in [0.2, 0.25) is 0 Å². The number of hydrogen-bond donors (Lipinski definition) is 1. The summed E-state index contributed by atoms with van der Waals surface area (Å²) in [7, 11) is 1.65. The molecule has 84 valence electrons. The van der Waals surface area contributed by atoms with Crippen LogP contribution in [0.5, 0.6) is 5.75 Å². The van der Waals surface area contributed by atoms with E-state index < -0.39 is 5.82 Å². The molecule has 0 bridgehead atoms. The Hall–Kier alpha value is -2.18. The number of ether oxygens (including phenoxy) is 1. The molecule has 0 spiro atoms. The molecular weight excluding hydrogens is 213 g/mol. The molecular formula is C9H10FN5O. The van der Waals surface area contributed by atoms with Crippen molar-refractivity contribution in [1.82, 2.24) is 20.2 Å². The van der Waals surface area contributed by atoms with Crippen molar-refractivity contribution in [3.05, 3.63) is 29.8 Å². The zero-order chi connectivity index (χ0) is 11.5. The molecule has 0 saturated carbocycles. The maximum Gasteiger partial charge on any atom is 0.212 e. The minimum absolute atomic E-state index is 0.0879. The van der Waals surface area contributed by atoms with Crippen LogP contribution in [0.15, 0.2) is 18.2 Å². The number of nitrogens with two attached hydrogens (primary N) is 1. The van der Waals surface area contributed by atoms with Crippen molar-refractivity contribution in [2.45, 2.75) is 6.61 Å². The molecule has 16 heavy (non-hydrogen) atoms. The SMILES string of the molecule is Cn1nnc(COc2ccc(N)c(F)c2)n1. The van der Waals surface area contributed by atoms with Crippen molar-refractivity contribution >= 4 is 5.69 Å². The quantitative estimate of drug-likeness (QED) is 0.767. The lowest BCUT2D eigenvalue weighted by molar-refractivity contribution is 0.294. The first-order valence-electron chi connectivity index (χ1n) is 4.56. The Balaban J connectivity index is 2.02. The number of anilines is 1. The van der Waals surface area contributed by atoms with Crippen molar-refractivity contribution in [2.75, 3.05) is 5.73 Å². The van der Waals surface area contributed by atoms with Crippen LogP contribution in [0, 0.1) is 5.82 Å². The topological polar surface area (TPSA) is 78.8 Å². The number of nitrogen functional groups attached to an aromatic ring is 1. The molecule has 7 heteroatoms. The number of hydrogen-bond acceptors (Lipinski definition) is 5. The fourth-order valence-electron chi connectivity index (χ4n) is 1.13. The first-order chi connectivity index (χ1) is 7.65. The lowest BCUT2D eigenvalue weighted by Crippen LogP contribution is -2.00. The number of aromatic nitrogens is 4. The van der Waals surface area contributed by atoms with Crippen LogP contribution in [-0.4, -0.2) is 20.2 Å². The summed E-state index contributed by atoms with van der Waals surface area (Å²) < 4.78 is 18.3. The Bertz CT molecular complexity index is 498. The minimum Gasteiger partial charge on any atom is -0.485 e. The van der Waals surface area contributed by atoms with Crippen LogP contribution < -0.4 is 10.5 Å². The van der Waals surface area contributed by atoms with Gasteiger partial charge in [-0.2, -0.15) is 4.80 Å². The van der Waals surface area contributed by atoms with E-state index in [1.807, 2.05) is 0 Å². The number of aryl methyl sites for hydroxylation is 1. The zero-order valence-corrected chi connectivity index (χ0v) is 8.59. The van der Waals surface area contributed by atoms with E-state index in [9.17, 15) is 4.39 Å². The zero-order valence-electron chi connectivity index (χ0n) is 8.59. The monoisotopic (exact) mass is 223 g/mol. The average Bonchev–Trinajstić information content (AvgIpc) is 2.66. The molecule has 0 atom stereocenters. The maximum absolute atomic E-state index is 13.1. The summed E-state index contributed by atoms with van der Waals surface area (Å²) in [5.74, 6) is 0.295. The number of rotatable bonds is 3. The average molecular weight is 223 g/mol. The van der Waals surface area contributed by atoms with Gasteiger partial charge >= 0.3 is 0 Å². The molecule has 2 rings (SSSR count). The second kappa shape index (κ2) is 4.13. The van der Waals surface area contributed by atoms with Gasteiger partial charge in [-0.25, -0.2) is 4.39 Å². The highest BCUT2D eigenvalue weighted by Crippen LogP contribution is 2.18. The van der Waals surface area contributed by atoms with Gasteiger partial charge in [0.1, 0.15) is 11.6 Å². The van der Waals surface area contributed by atoms with E-state index in [0.29, 0.717) is 11.6 Å². The van der Waals surface area contributed by atoms with Gasteiger partial charge in [0.2, 0.25) is 5.82 Å². The van der Waals surface area contributed by atoms with Crippen molar-refractivity contribution in [2.24, 2.45) is 7.05 Å². The van der Waals surface area contributed by atoms with Crippen LogP contribution in [-0.2, 0) is 13.7 Å². The predicted molar refractivity (Wildman–Crippen MR) is 53.9 cm³/mol. The van der Waals surface area contributed by atoms with Crippen molar-refractivity contribution in [1.29, 1.82) is 0 Å². The van der Waals surface area contributed by atoms with E-state index >= 15 is 0 Å². The molecule has 0 aliphatic rings. The lowest BCUT2D eigenvalue weighted by Gasteiger charge is -2.04. The Morgan fingerprint density at radius 2 is 2.31 bits per heavy atom. The fraction of sp³-hybridized carbons (Fsp3) is 0.222. The smallest absolute Gasteiger partial charge is 0.212 e. The van der Waals surface area contributed by atoms with Crippen LogP contribution in [0.4, 0.5) is 10.1 Å². The molecule has 0 unspecified atom stereocenters. The summed E-state index contributed by atoms with van der Waals surface area (Å²) in [5.41, 5.74) is 5.42. The molecule has 0 radical (unpaired) electrons. The lowest BCUT2D eigenvalue weighted by atomic mass is 10.3.